The Morgan fingerprint density at radius 1 is 1.24 bits per heavy atom. The highest BCUT2D eigenvalue weighted by Crippen LogP contribution is 2.31. The molecule has 0 aromatic heterocycles. The Morgan fingerprint density at radius 2 is 1.91 bits per heavy atom. The Labute approximate surface area is 211 Å². The number of ether oxygens (including phenoxy) is 1. The van der Waals surface area contributed by atoms with E-state index in [1.165, 1.54) is 12.1 Å². The summed E-state index contributed by atoms with van der Waals surface area (Å²) >= 11 is 1.96. The van der Waals surface area contributed by atoms with E-state index < -0.39 is 41.2 Å². The van der Waals surface area contributed by atoms with E-state index in [1.54, 1.807) is 30.3 Å². The first-order valence-corrected chi connectivity index (χ1v) is 11.8. The summed E-state index contributed by atoms with van der Waals surface area (Å²) in [4.78, 5) is 40.3. The van der Waals surface area contributed by atoms with Crippen molar-refractivity contribution in [3.8, 4) is 5.75 Å². The Hall–Kier alpha value is -2.73. The van der Waals surface area contributed by atoms with Gasteiger partial charge in [0.25, 0.3) is 5.91 Å². The van der Waals surface area contributed by atoms with Gasteiger partial charge in [-0.1, -0.05) is 32.9 Å². The van der Waals surface area contributed by atoms with Crippen LogP contribution in [0.2, 0.25) is 0 Å². The number of halogens is 2. The molecule has 8 nitrogen and oxygen atoms in total. The maximum Gasteiger partial charge on any atom is 0.325 e. The van der Waals surface area contributed by atoms with Crippen LogP contribution in [0.15, 0.2) is 42.5 Å². The minimum Gasteiger partial charge on any atom is -0.491 e. The number of amides is 4. The van der Waals surface area contributed by atoms with E-state index in [4.69, 9.17) is 9.84 Å². The van der Waals surface area contributed by atoms with Crippen LogP contribution in [0.25, 0.3) is 0 Å². The molecule has 182 valence electrons. The molecule has 0 spiro atoms. The molecule has 1 fully saturated rings. The van der Waals surface area contributed by atoms with E-state index in [0.29, 0.717) is 14.9 Å². The molecule has 34 heavy (non-hydrogen) atoms. The number of hydrogen-bond acceptors (Lipinski definition) is 5. The van der Waals surface area contributed by atoms with Crippen molar-refractivity contribution >= 4 is 46.1 Å². The van der Waals surface area contributed by atoms with Crippen molar-refractivity contribution in [3.05, 3.63) is 57.4 Å². The Morgan fingerprint density at radius 3 is 2.50 bits per heavy atom. The molecule has 1 heterocycles. The molecule has 1 aliphatic rings. The third kappa shape index (κ3) is 6.23. The fourth-order valence-electron chi connectivity index (χ4n) is 3.62. The van der Waals surface area contributed by atoms with Crippen molar-refractivity contribution in [1.29, 1.82) is 0 Å². The normalized spacial score (nSPS) is 16.9. The topological polar surface area (TPSA) is 108 Å². The minimum absolute atomic E-state index is 0.0219. The highest BCUT2D eigenvalue weighted by Gasteiger charge is 2.46. The lowest BCUT2D eigenvalue weighted by molar-refractivity contribution is -0.134. The van der Waals surface area contributed by atoms with Crippen molar-refractivity contribution in [3.63, 3.8) is 0 Å². The molecule has 2 aromatic carbocycles. The van der Waals surface area contributed by atoms with Gasteiger partial charge >= 0.3 is 6.03 Å². The Bertz CT molecular complexity index is 1070. The largest absolute Gasteiger partial charge is 0.491 e. The van der Waals surface area contributed by atoms with Crippen LogP contribution in [0, 0.1) is 14.8 Å². The second kappa shape index (κ2) is 10.7. The molecule has 2 aromatic rings. The molecular weight excluding hydrogens is 556 g/mol. The Balaban J connectivity index is 1.85. The van der Waals surface area contributed by atoms with Gasteiger partial charge in [-0.25, -0.2) is 14.1 Å². The molecule has 2 atom stereocenters. The summed E-state index contributed by atoms with van der Waals surface area (Å²) in [7, 11) is 0. The van der Waals surface area contributed by atoms with Crippen LogP contribution in [0.5, 0.6) is 5.75 Å². The summed E-state index contributed by atoms with van der Waals surface area (Å²) in [5.41, 5.74) is 0.0962. The minimum atomic E-state index is -1.14. The summed E-state index contributed by atoms with van der Waals surface area (Å²) in [6.07, 6.45) is 0.185. The van der Waals surface area contributed by atoms with Gasteiger partial charge < -0.3 is 20.5 Å². The van der Waals surface area contributed by atoms with Gasteiger partial charge in [0.15, 0.2) is 0 Å². The molecule has 1 saturated heterocycles. The smallest absolute Gasteiger partial charge is 0.325 e. The van der Waals surface area contributed by atoms with E-state index in [-0.39, 0.29) is 25.3 Å². The average molecular weight is 583 g/mol. The first-order chi connectivity index (χ1) is 16.0. The zero-order chi connectivity index (χ0) is 25.0. The maximum atomic E-state index is 14.3. The van der Waals surface area contributed by atoms with Crippen LogP contribution in [0.4, 0.5) is 14.9 Å². The monoisotopic (exact) mass is 583 g/mol. The third-order valence-electron chi connectivity index (χ3n) is 5.15. The molecule has 0 saturated carbocycles. The van der Waals surface area contributed by atoms with Gasteiger partial charge in [-0.3, -0.25) is 9.59 Å². The van der Waals surface area contributed by atoms with Crippen LogP contribution in [-0.2, 0) is 9.59 Å². The summed E-state index contributed by atoms with van der Waals surface area (Å²) < 4.78 is 20.3. The number of aliphatic hydroxyl groups excluding tert-OH is 1. The molecule has 3 N–H and O–H groups in total. The standard InChI is InChI=1S/C24H27FIN3O5/c1-24(2,3)13-19(21(31)27-18-9-6-15(26)12-17(18)25)29-22(32)20(28-23(29)33)14-4-7-16(8-5-14)34-11-10-30/h4-9,12,19-20,30H,10-11,13H2,1-3H3,(H,27,31)(H,28,33)/t19-,20+/m0/s1. The first kappa shape index (κ1) is 25.9. The van der Waals surface area contributed by atoms with Crippen LogP contribution in [0.3, 0.4) is 0 Å². The lowest BCUT2D eigenvalue weighted by Crippen LogP contribution is -2.49. The molecule has 10 heteroatoms. The number of nitrogens with one attached hydrogen (secondary N) is 2. The second-order valence-corrected chi connectivity index (χ2v) is 10.4. The van der Waals surface area contributed by atoms with Crippen LogP contribution >= 0.6 is 22.6 Å². The van der Waals surface area contributed by atoms with Gasteiger partial charge in [-0.05, 0) is 70.3 Å². The predicted molar refractivity (Wildman–Crippen MR) is 133 cm³/mol. The van der Waals surface area contributed by atoms with Crippen molar-refractivity contribution in [2.24, 2.45) is 5.41 Å². The van der Waals surface area contributed by atoms with Crippen molar-refractivity contribution < 1.29 is 28.6 Å². The number of nitrogens with zero attached hydrogens (tertiary/aromatic N) is 1. The quantitative estimate of drug-likeness (QED) is 0.324. The van der Waals surface area contributed by atoms with E-state index in [9.17, 15) is 18.8 Å². The predicted octanol–water partition coefficient (Wildman–Crippen LogP) is 3.84. The van der Waals surface area contributed by atoms with E-state index >= 15 is 0 Å². The number of imide groups is 1. The lowest BCUT2D eigenvalue weighted by Gasteiger charge is -2.30. The molecule has 0 aliphatic carbocycles. The molecule has 0 radical (unpaired) electrons. The van der Waals surface area contributed by atoms with Gasteiger partial charge in [-0.2, -0.15) is 0 Å². The van der Waals surface area contributed by atoms with Crippen LogP contribution in [-0.4, -0.2) is 47.1 Å². The number of benzene rings is 2. The fraction of sp³-hybridized carbons (Fsp3) is 0.375. The van der Waals surface area contributed by atoms with E-state index in [2.05, 4.69) is 10.6 Å². The third-order valence-corrected chi connectivity index (χ3v) is 5.82. The number of carbonyl (C=O) groups is 3. The van der Waals surface area contributed by atoms with E-state index in [1.807, 2.05) is 43.4 Å². The second-order valence-electron chi connectivity index (χ2n) is 9.13. The van der Waals surface area contributed by atoms with Crippen molar-refractivity contribution in [1.82, 2.24) is 10.2 Å². The molecule has 0 bridgehead atoms. The summed E-state index contributed by atoms with van der Waals surface area (Å²) in [5, 5.41) is 14.0. The van der Waals surface area contributed by atoms with Gasteiger partial charge in [-0.15, -0.1) is 0 Å². The van der Waals surface area contributed by atoms with Crippen LogP contribution < -0.4 is 15.4 Å². The van der Waals surface area contributed by atoms with Gasteiger partial charge in [0.05, 0.1) is 12.3 Å². The first-order valence-electron chi connectivity index (χ1n) is 10.7. The molecular formula is C24H27FIN3O5. The fourth-order valence-corrected chi connectivity index (χ4v) is 4.08. The van der Waals surface area contributed by atoms with Crippen molar-refractivity contribution in [2.75, 3.05) is 18.5 Å². The molecule has 1 aliphatic heterocycles. The number of aliphatic hydroxyl groups is 1. The number of rotatable bonds is 8. The number of urea groups is 1. The van der Waals surface area contributed by atoms with Crippen molar-refractivity contribution in [2.45, 2.75) is 39.3 Å². The zero-order valence-electron chi connectivity index (χ0n) is 19.1. The molecule has 0 unspecified atom stereocenters. The summed E-state index contributed by atoms with van der Waals surface area (Å²) in [6, 6.07) is 8.12. The van der Waals surface area contributed by atoms with Gasteiger partial charge in [0.2, 0.25) is 5.91 Å². The van der Waals surface area contributed by atoms with Gasteiger partial charge in [0, 0.05) is 3.57 Å². The number of anilines is 1. The number of hydrogen-bond donors (Lipinski definition) is 3. The highest BCUT2D eigenvalue weighted by atomic mass is 127. The summed E-state index contributed by atoms with van der Waals surface area (Å²) in [5.74, 6) is -1.31. The number of carbonyl (C=O) groups excluding carboxylic acids is 3. The van der Waals surface area contributed by atoms with Gasteiger partial charge in [0.1, 0.15) is 30.3 Å². The van der Waals surface area contributed by atoms with Crippen LogP contribution in [0.1, 0.15) is 38.8 Å². The Kier molecular flexibility index (Phi) is 8.13. The average Bonchev–Trinajstić information content (AvgIpc) is 3.06. The maximum absolute atomic E-state index is 14.3. The van der Waals surface area contributed by atoms with E-state index in [0.717, 1.165) is 4.90 Å². The lowest BCUT2D eigenvalue weighted by atomic mass is 9.87. The zero-order valence-corrected chi connectivity index (χ0v) is 21.3. The SMILES string of the molecule is CC(C)(C)C[C@@H](C(=O)Nc1ccc(I)cc1F)N1C(=O)N[C@H](c2ccc(OCCO)cc2)C1=O. The molecule has 4 amide bonds. The summed E-state index contributed by atoms with van der Waals surface area (Å²) in [6.45, 7) is 5.67. The molecule has 3 rings (SSSR count). The highest BCUT2D eigenvalue weighted by molar-refractivity contribution is 14.1.